The molecule has 1 heteroatoms. The van der Waals surface area contributed by atoms with Crippen LogP contribution in [-0.4, -0.2) is 11.8 Å². The summed E-state index contributed by atoms with van der Waals surface area (Å²) in [5, 5.41) is 0. The Labute approximate surface area is 72.9 Å². The van der Waals surface area contributed by atoms with Gasteiger partial charge in [0, 0.05) is 0 Å². The first kappa shape index (κ1) is 9.52. The second-order valence-corrected chi connectivity index (χ2v) is 5.37. The van der Waals surface area contributed by atoms with Gasteiger partial charge in [-0.3, -0.25) is 0 Å². The van der Waals surface area contributed by atoms with Crippen LogP contribution >= 0.6 is 8.58 Å². The zero-order valence-corrected chi connectivity index (χ0v) is 8.73. The van der Waals surface area contributed by atoms with Crippen molar-refractivity contribution in [3.8, 4) is 0 Å². The first-order valence-corrected chi connectivity index (χ1v) is 6.45. The van der Waals surface area contributed by atoms with E-state index in [2.05, 4.69) is 6.92 Å². The summed E-state index contributed by atoms with van der Waals surface area (Å²) in [4.78, 5) is 0. The molecule has 0 heterocycles. The predicted molar refractivity (Wildman–Crippen MR) is 55.0 cm³/mol. The van der Waals surface area contributed by atoms with E-state index in [9.17, 15) is 0 Å². The number of unbranched alkanes of at least 4 members (excludes halogenated alkanes) is 3. The molecule has 0 spiro atoms. The lowest BCUT2D eigenvalue weighted by molar-refractivity contribution is 0.517. The molecule has 1 fully saturated rings. The molecular weight excluding hydrogens is 151 g/mol. The van der Waals surface area contributed by atoms with E-state index in [-0.39, 0.29) is 0 Å². The molecule has 0 aromatic heterocycles. The van der Waals surface area contributed by atoms with Crippen LogP contribution in [0.5, 0.6) is 0 Å². The molecule has 0 nitrogen and oxygen atoms in total. The second kappa shape index (κ2) is 6.00. The molecule has 0 bridgehead atoms. The van der Waals surface area contributed by atoms with Crippen LogP contribution in [0, 0.1) is 0 Å². The largest absolute Gasteiger partial charge is 0.119 e. The third kappa shape index (κ3) is 4.11. The summed E-state index contributed by atoms with van der Waals surface area (Å²) in [6.07, 6.45) is 12.0. The molecular formula is C10H21P. The van der Waals surface area contributed by atoms with Gasteiger partial charge in [-0.15, -0.1) is 8.58 Å². The van der Waals surface area contributed by atoms with Crippen molar-refractivity contribution in [1.82, 2.24) is 0 Å². The third-order valence-electron chi connectivity index (χ3n) is 2.57. The van der Waals surface area contributed by atoms with Gasteiger partial charge in [0.2, 0.25) is 0 Å². The molecule has 0 saturated heterocycles. The topological polar surface area (TPSA) is 0 Å². The van der Waals surface area contributed by atoms with Gasteiger partial charge < -0.3 is 0 Å². The van der Waals surface area contributed by atoms with Crippen molar-refractivity contribution in [3.63, 3.8) is 0 Å². The van der Waals surface area contributed by atoms with E-state index in [1.165, 1.54) is 46.8 Å². The molecule has 1 unspecified atom stereocenters. The van der Waals surface area contributed by atoms with Gasteiger partial charge >= 0.3 is 0 Å². The molecule has 1 aliphatic rings. The molecule has 0 aliphatic heterocycles. The maximum absolute atomic E-state index is 2.29. The Bertz CT molecular complexity index is 86.9. The highest BCUT2D eigenvalue weighted by atomic mass is 31.1. The van der Waals surface area contributed by atoms with Gasteiger partial charge in [0.15, 0.2) is 0 Å². The maximum Gasteiger partial charge on any atom is -0.0237 e. The average Bonchev–Trinajstić information content (AvgIpc) is 1.93. The molecule has 1 atom stereocenters. The summed E-state index contributed by atoms with van der Waals surface area (Å²) in [5.74, 6) is 0. The fourth-order valence-electron chi connectivity index (χ4n) is 1.47. The van der Waals surface area contributed by atoms with E-state index in [4.69, 9.17) is 0 Å². The molecule has 0 aromatic carbocycles. The molecule has 1 saturated carbocycles. The fourth-order valence-corrected chi connectivity index (χ4v) is 3.15. The Morgan fingerprint density at radius 1 is 1.18 bits per heavy atom. The van der Waals surface area contributed by atoms with Crippen LogP contribution in [0.25, 0.3) is 0 Å². The molecule has 11 heavy (non-hydrogen) atoms. The third-order valence-corrected chi connectivity index (χ3v) is 4.37. The van der Waals surface area contributed by atoms with Crippen LogP contribution in [0.15, 0.2) is 0 Å². The van der Waals surface area contributed by atoms with Gasteiger partial charge in [0.1, 0.15) is 0 Å². The SMILES string of the molecule is CCCCCCPC1CCC1. The number of rotatable bonds is 6. The van der Waals surface area contributed by atoms with Crippen molar-refractivity contribution in [3.05, 3.63) is 0 Å². The minimum atomic E-state index is 1.16. The van der Waals surface area contributed by atoms with Crippen molar-refractivity contribution in [2.24, 2.45) is 0 Å². The Morgan fingerprint density at radius 3 is 2.55 bits per heavy atom. The zero-order chi connectivity index (χ0) is 7.94. The van der Waals surface area contributed by atoms with E-state index < -0.39 is 0 Å². The molecule has 1 rings (SSSR count). The fraction of sp³-hybridized carbons (Fsp3) is 1.00. The Morgan fingerprint density at radius 2 is 2.00 bits per heavy atom. The first-order valence-electron chi connectivity index (χ1n) is 5.17. The Balaban J connectivity index is 1.73. The lowest BCUT2D eigenvalue weighted by atomic mass is 10.00. The molecule has 0 radical (unpaired) electrons. The minimum absolute atomic E-state index is 1.16. The van der Waals surface area contributed by atoms with E-state index in [1.807, 2.05) is 0 Å². The standard InChI is InChI=1S/C10H21P/c1-2-3-4-5-9-11-10-7-6-8-10/h10-11H,2-9H2,1H3. The van der Waals surface area contributed by atoms with Crippen molar-refractivity contribution < 1.29 is 0 Å². The maximum atomic E-state index is 2.29. The molecule has 0 aromatic rings. The van der Waals surface area contributed by atoms with Gasteiger partial charge in [-0.25, -0.2) is 0 Å². The van der Waals surface area contributed by atoms with Crippen molar-refractivity contribution in [2.75, 3.05) is 6.16 Å². The molecule has 0 N–H and O–H groups in total. The lowest BCUT2D eigenvalue weighted by Gasteiger charge is -2.25. The van der Waals surface area contributed by atoms with Crippen LogP contribution in [0.1, 0.15) is 51.9 Å². The van der Waals surface area contributed by atoms with Crippen molar-refractivity contribution in [2.45, 2.75) is 57.5 Å². The molecule has 0 amide bonds. The van der Waals surface area contributed by atoms with Crippen molar-refractivity contribution >= 4 is 8.58 Å². The summed E-state index contributed by atoms with van der Waals surface area (Å²) in [5.41, 5.74) is 1.16. The van der Waals surface area contributed by atoms with Gasteiger partial charge in [-0.1, -0.05) is 32.6 Å². The summed E-state index contributed by atoms with van der Waals surface area (Å²) < 4.78 is 0. The van der Waals surface area contributed by atoms with Gasteiger partial charge in [-0.2, -0.15) is 0 Å². The summed E-state index contributed by atoms with van der Waals surface area (Å²) >= 11 is 0. The van der Waals surface area contributed by atoms with Crippen molar-refractivity contribution in [1.29, 1.82) is 0 Å². The van der Waals surface area contributed by atoms with Crippen LogP contribution < -0.4 is 0 Å². The predicted octanol–water partition coefficient (Wildman–Crippen LogP) is 3.80. The monoisotopic (exact) mass is 172 g/mol. The summed E-state index contributed by atoms with van der Waals surface area (Å²) in [6, 6.07) is 0. The summed E-state index contributed by atoms with van der Waals surface area (Å²) in [7, 11) is 1.30. The highest BCUT2D eigenvalue weighted by molar-refractivity contribution is 7.38. The normalized spacial score (nSPS) is 19.4. The van der Waals surface area contributed by atoms with E-state index in [0.29, 0.717) is 0 Å². The van der Waals surface area contributed by atoms with Crippen LogP contribution in [0.4, 0.5) is 0 Å². The van der Waals surface area contributed by atoms with E-state index >= 15 is 0 Å². The molecule has 1 aliphatic carbocycles. The Kier molecular flexibility index (Phi) is 5.19. The second-order valence-electron chi connectivity index (χ2n) is 3.64. The average molecular weight is 172 g/mol. The van der Waals surface area contributed by atoms with Gasteiger partial charge in [0.25, 0.3) is 0 Å². The highest BCUT2D eigenvalue weighted by Crippen LogP contribution is 2.36. The highest BCUT2D eigenvalue weighted by Gasteiger charge is 2.15. The zero-order valence-electron chi connectivity index (χ0n) is 7.73. The van der Waals surface area contributed by atoms with Gasteiger partial charge in [-0.05, 0) is 31.1 Å². The van der Waals surface area contributed by atoms with Gasteiger partial charge in [0.05, 0.1) is 0 Å². The lowest BCUT2D eigenvalue weighted by Crippen LogP contribution is -2.11. The number of hydrogen-bond acceptors (Lipinski definition) is 0. The minimum Gasteiger partial charge on any atom is -0.119 e. The van der Waals surface area contributed by atoms with E-state index in [0.717, 1.165) is 5.66 Å². The van der Waals surface area contributed by atoms with E-state index in [1.54, 1.807) is 12.8 Å². The first-order chi connectivity index (χ1) is 5.43. The smallest absolute Gasteiger partial charge is 0.0237 e. The Hall–Kier alpha value is 0.430. The number of hydrogen-bond donors (Lipinski definition) is 0. The quantitative estimate of drug-likeness (QED) is 0.422. The van der Waals surface area contributed by atoms with Crippen LogP contribution in [-0.2, 0) is 0 Å². The summed E-state index contributed by atoms with van der Waals surface area (Å²) in [6.45, 7) is 2.29. The molecule has 66 valence electrons. The van der Waals surface area contributed by atoms with Crippen LogP contribution in [0.3, 0.4) is 0 Å². The van der Waals surface area contributed by atoms with Crippen LogP contribution in [0.2, 0.25) is 0 Å².